The van der Waals surface area contributed by atoms with Crippen molar-refractivity contribution >= 4 is 11.9 Å². The first-order valence-electron chi connectivity index (χ1n) is 4.20. The second kappa shape index (κ2) is 4.82. The molecule has 0 radical (unpaired) electrons. The zero-order valence-electron chi connectivity index (χ0n) is 7.81. The predicted octanol–water partition coefficient (Wildman–Crippen LogP) is 0.562. The van der Waals surface area contributed by atoms with E-state index < -0.39 is 17.9 Å². The second-order valence-electron chi connectivity index (χ2n) is 2.80. The molecule has 0 bridgehead atoms. The number of carboxylic acids is 1. The summed E-state index contributed by atoms with van der Waals surface area (Å²) >= 11 is 0. The molecule has 0 aliphatic heterocycles. The molecule has 0 fully saturated rings. The molecule has 15 heavy (non-hydrogen) atoms. The molecule has 0 aliphatic rings. The Bertz CT molecular complexity index is 406. The van der Waals surface area contributed by atoms with E-state index in [2.05, 4.69) is 5.32 Å². The average Bonchev–Trinajstić information content (AvgIpc) is 2.26. The Hall–Kier alpha value is -2.28. The topological polar surface area (TPSA) is 66.4 Å². The smallest absolute Gasteiger partial charge is 0.330 e. The van der Waals surface area contributed by atoms with Crippen LogP contribution in [-0.2, 0) is 9.59 Å². The molecule has 0 saturated heterocycles. The molecule has 0 unspecified atom stereocenters. The van der Waals surface area contributed by atoms with Gasteiger partial charge in [-0.15, -0.1) is 6.42 Å². The van der Waals surface area contributed by atoms with Gasteiger partial charge in [-0.1, -0.05) is 30.3 Å². The van der Waals surface area contributed by atoms with Gasteiger partial charge in [-0.05, 0) is 11.5 Å². The number of terminal acetylenes is 1. The predicted molar refractivity (Wildman–Crippen MR) is 53.8 cm³/mol. The number of carboxylic acid groups (broad SMARTS) is 1. The van der Waals surface area contributed by atoms with E-state index in [-0.39, 0.29) is 0 Å². The zero-order chi connectivity index (χ0) is 11.3. The number of rotatable bonds is 3. The lowest BCUT2D eigenvalue weighted by Gasteiger charge is -2.12. The average molecular weight is 203 g/mol. The summed E-state index contributed by atoms with van der Waals surface area (Å²) in [7, 11) is 0. The molecule has 0 saturated carbocycles. The first kappa shape index (κ1) is 10.8. The SMILES string of the molecule is C#CC(=O)N[C@@H](C(=O)O)c1ccccc1. The maximum atomic E-state index is 10.9. The molecule has 4 nitrogen and oxygen atoms in total. The van der Waals surface area contributed by atoms with E-state index >= 15 is 0 Å². The van der Waals surface area contributed by atoms with Gasteiger partial charge < -0.3 is 10.4 Å². The summed E-state index contributed by atoms with van der Waals surface area (Å²) in [5.74, 6) is -0.0859. The Kier molecular flexibility index (Phi) is 3.47. The number of amides is 1. The van der Waals surface area contributed by atoms with Crippen LogP contribution in [0.4, 0.5) is 0 Å². The molecule has 0 aliphatic carbocycles. The number of carbonyl (C=O) groups is 2. The van der Waals surface area contributed by atoms with Crippen LogP contribution in [-0.4, -0.2) is 17.0 Å². The van der Waals surface area contributed by atoms with Gasteiger partial charge in [0.25, 0.3) is 5.91 Å². The Labute approximate surface area is 86.9 Å². The van der Waals surface area contributed by atoms with E-state index in [1.807, 2.05) is 0 Å². The van der Waals surface area contributed by atoms with Crippen LogP contribution in [0.1, 0.15) is 11.6 Å². The van der Waals surface area contributed by atoms with Gasteiger partial charge in [-0.25, -0.2) is 4.79 Å². The molecule has 0 spiro atoms. The summed E-state index contributed by atoms with van der Waals surface area (Å²) in [6, 6.07) is 7.24. The summed E-state index contributed by atoms with van der Waals surface area (Å²) in [6.07, 6.45) is 4.84. The van der Waals surface area contributed by atoms with Crippen molar-refractivity contribution in [3.8, 4) is 12.3 Å². The quantitative estimate of drug-likeness (QED) is 0.705. The van der Waals surface area contributed by atoms with E-state index in [9.17, 15) is 9.59 Å². The van der Waals surface area contributed by atoms with Crippen LogP contribution in [0.3, 0.4) is 0 Å². The van der Waals surface area contributed by atoms with Crippen molar-refractivity contribution < 1.29 is 14.7 Å². The lowest BCUT2D eigenvalue weighted by Crippen LogP contribution is -2.32. The minimum Gasteiger partial charge on any atom is -0.479 e. The molecular formula is C11H9NO3. The zero-order valence-corrected chi connectivity index (χ0v) is 7.81. The van der Waals surface area contributed by atoms with E-state index in [1.54, 1.807) is 36.3 Å². The summed E-state index contributed by atoms with van der Waals surface area (Å²) < 4.78 is 0. The normalized spacial score (nSPS) is 11.1. The standard InChI is InChI=1S/C11H9NO3/c1-2-9(13)12-10(11(14)15)8-6-4-3-5-7-8/h1,3-7,10H,(H,12,13)(H,14,15)/t10-/m1/s1. The van der Waals surface area contributed by atoms with Crippen LogP contribution in [0, 0.1) is 12.3 Å². The third-order valence-electron chi connectivity index (χ3n) is 1.79. The summed E-state index contributed by atoms with van der Waals surface area (Å²) in [4.78, 5) is 21.8. The van der Waals surface area contributed by atoms with Gasteiger partial charge in [0.1, 0.15) is 0 Å². The number of hydrogen-bond donors (Lipinski definition) is 2. The van der Waals surface area contributed by atoms with Gasteiger partial charge in [0.05, 0.1) is 0 Å². The summed E-state index contributed by atoms with van der Waals surface area (Å²) in [5, 5.41) is 11.1. The lowest BCUT2D eigenvalue weighted by atomic mass is 10.1. The van der Waals surface area contributed by atoms with Crippen LogP contribution >= 0.6 is 0 Å². The van der Waals surface area contributed by atoms with E-state index in [4.69, 9.17) is 11.5 Å². The third-order valence-corrected chi connectivity index (χ3v) is 1.79. The van der Waals surface area contributed by atoms with Crippen molar-refractivity contribution in [3.63, 3.8) is 0 Å². The van der Waals surface area contributed by atoms with Crippen LogP contribution in [0.15, 0.2) is 30.3 Å². The molecule has 1 atom stereocenters. The van der Waals surface area contributed by atoms with Crippen molar-refractivity contribution in [3.05, 3.63) is 35.9 Å². The number of nitrogens with one attached hydrogen (secondary N) is 1. The minimum absolute atomic E-state index is 0.480. The van der Waals surface area contributed by atoms with Gasteiger partial charge in [-0.3, -0.25) is 4.79 Å². The molecule has 1 rings (SSSR count). The van der Waals surface area contributed by atoms with Gasteiger partial charge in [0.2, 0.25) is 0 Å². The Balaban J connectivity index is 2.90. The van der Waals surface area contributed by atoms with Gasteiger partial charge in [-0.2, -0.15) is 0 Å². The van der Waals surface area contributed by atoms with Crippen molar-refractivity contribution in [2.45, 2.75) is 6.04 Å². The molecule has 1 aromatic rings. The van der Waals surface area contributed by atoms with E-state index in [0.717, 1.165) is 0 Å². The highest BCUT2D eigenvalue weighted by Gasteiger charge is 2.20. The number of aliphatic carboxylic acids is 1. The van der Waals surface area contributed by atoms with Crippen LogP contribution in [0.5, 0.6) is 0 Å². The molecule has 1 amide bonds. The Morgan fingerprint density at radius 1 is 1.33 bits per heavy atom. The largest absolute Gasteiger partial charge is 0.479 e. The summed E-state index contributed by atoms with van der Waals surface area (Å²) in [5.41, 5.74) is 0.480. The lowest BCUT2D eigenvalue weighted by molar-refractivity contribution is -0.141. The van der Waals surface area contributed by atoms with Crippen LogP contribution < -0.4 is 5.32 Å². The van der Waals surface area contributed by atoms with Crippen molar-refractivity contribution in [1.29, 1.82) is 0 Å². The highest BCUT2D eigenvalue weighted by Crippen LogP contribution is 2.12. The van der Waals surface area contributed by atoms with Gasteiger partial charge in [0, 0.05) is 0 Å². The molecule has 0 heterocycles. The Morgan fingerprint density at radius 3 is 2.40 bits per heavy atom. The maximum Gasteiger partial charge on any atom is 0.330 e. The number of carbonyl (C=O) groups excluding carboxylic acids is 1. The fraction of sp³-hybridized carbons (Fsp3) is 0.0909. The van der Waals surface area contributed by atoms with Crippen molar-refractivity contribution in [1.82, 2.24) is 5.32 Å². The number of benzene rings is 1. The second-order valence-corrected chi connectivity index (χ2v) is 2.80. The molecule has 4 heteroatoms. The van der Waals surface area contributed by atoms with E-state index in [1.165, 1.54) is 0 Å². The Morgan fingerprint density at radius 2 is 1.93 bits per heavy atom. The van der Waals surface area contributed by atoms with Gasteiger partial charge >= 0.3 is 5.97 Å². The molecule has 0 aromatic heterocycles. The molecule has 2 N–H and O–H groups in total. The minimum atomic E-state index is -1.15. The molecular weight excluding hydrogens is 194 g/mol. The fourth-order valence-corrected chi connectivity index (χ4v) is 1.11. The van der Waals surface area contributed by atoms with Gasteiger partial charge in [0.15, 0.2) is 6.04 Å². The number of hydrogen-bond acceptors (Lipinski definition) is 2. The summed E-state index contributed by atoms with van der Waals surface area (Å²) in [6.45, 7) is 0. The highest BCUT2D eigenvalue weighted by molar-refractivity contribution is 5.95. The molecule has 1 aromatic carbocycles. The van der Waals surface area contributed by atoms with Crippen LogP contribution in [0.2, 0.25) is 0 Å². The molecule has 76 valence electrons. The first-order valence-corrected chi connectivity index (χ1v) is 4.20. The fourth-order valence-electron chi connectivity index (χ4n) is 1.11. The highest BCUT2D eigenvalue weighted by atomic mass is 16.4. The van der Waals surface area contributed by atoms with E-state index in [0.29, 0.717) is 5.56 Å². The van der Waals surface area contributed by atoms with Crippen LogP contribution in [0.25, 0.3) is 0 Å². The van der Waals surface area contributed by atoms with Crippen molar-refractivity contribution in [2.24, 2.45) is 0 Å². The maximum absolute atomic E-state index is 10.9. The first-order chi connectivity index (χ1) is 7.15. The third kappa shape index (κ3) is 2.85. The monoisotopic (exact) mass is 203 g/mol. The van der Waals surface area contributed by atoms with Crippen molar-refractivity contribution in [2.75, 3.05) is 0 Å².